The molecule has 0 unspecified atom stereocenters. The van der Waals surface area contributed by atoms with Crippen LogP contribution < -0.4 is 0 Å². The van der Waals surface area contributed by atoms with Gasteiger partial charge in [-0.25, -0.2) is 4.39 Å². The number of allylic oxidation sites excluding steroid dienone is 4. The second-order valence-electron chi connectivity index (χ2n) is 10.3. The van der Waals surface area contributed by atoms with Crippen LogP contribution in [0.5, 0.6) is 0 Å². The molecule has 4 aliphatic rings. The van der Waals surface area contributed by atoms with E-state index in [1.807, 2.05) is 0 Å². The quantitative estimate of drug-likeness (QED) is 0.663. The van der Waals surface area contributed by atoms with Crippen molar-refractivity contribution in [2.24, 2.45) is 22.7 Å². The number of aliphatic hydroxyl groups is 2. The predicted octanol–water partition coefficient (Wildman–Crippen LogP) is 2.61. The van der Waals surface area contributed by atoms with E-state index in [-0.39, 0.29) is 24.5 Å². The minimum absolute atomic E-state index is 0.0929. The zero-order valence-corrected chi connectivity index (χ0v) is 18.5. The van der Waals surface area contributed by atoms with Crippen LogP contribution in [0, 0.1) is 22.7 Å². The topological polar surface area (TPSA) is 101 Å². The average Bonchev–Trinajstić information content (AvgIpc) is 2.94. The number of Topliss-reactive ketones (excluding diaryl/α,β-unsaturated/α-hetero) is 1. The second-order valence-corrected chi connectivity index (χ2v) is 10.3. The minimum Gasteiger partial charge on any atom is -0.455 e. The Balaban J connectivity index is 1.73. The van der Waals surface area contributed by atoms with E-state index in [0.29, 0.717) is 24.8 Å². The van der Waals surface area contributed by atoms with Crippen molar-refractivity contribution in [3.8, 4) is 0 Å². The number of ether oxygens (including phenoxy) is 1. The van der Waals surface area contributed by atoms with E-state index in [2.05, 4.69) is 0 Å². The summed E-state index contributed by atoms with van der Waals surface area (Å²) in [7, 11) is 0. The van der Waals surface area contributed by atoms with Gasteiger partial charge in [-0.2, -0.15) is 0 Å². The lowest BCUT2D eigenvalue weighted by molar-refractivity contribution is -0.219. The summed E-state index contributed by atoms with van der Waals surface area (Å²) in [6.07, 6.45) is 3.31. The third-order valence-electron chi connectivity index (χ3n) is 8.91. The van der Waals surface area contributed by atoms with E-state index >= 15 is 4.39 Å². The molecule has 170 valence electrons. The Bertz CT molecular complexity index is 910. The van der Waals surface area contributed by atoms with Gasteiger partial charge in [-0.3, -0.25) is 14.4 Å². The monoisotopic (exact) mass is 434 g/mol. The molecule has 8 atom stereocenters. The summed E-state index contributed by atoms with van der Waals surface area (Å²) < 4.78 is 22.0. The lowest BCUT2D eigenvalue weighted by atomic mass is 9.44. The van der Waals surface area contributed by atoms with Crippen LogP contribution in [0.2, 0.25) is 0 Å². The number of rotatable bonds is 3. The molecule has 0 bridgehead atoms. The standard InChI is InChI=1S/C24H31FO6/c1-13(31-14(2)26)20(29)23(30)10-8-17-18-6-5-15-11-16(27)7-9-21(15,3)24(18,25)19(28)12-22(17,23)4/h7,9,11,13,17-19,28,30H,5-6,8,10,12H2,1-4H3/t13-,17+,18+,19+,21-,22-,23+,24+/m0/s1. The smallest absolute Gasteiger partial charge is 0.303 e. The maximum Gasteiger partial charge on any atom is 0.303 e. The maximum absolute atomic E-state index is 17.0. The van der Waals surface area contributed by atoms with Crippen molar-refractivity contribution in [3.05, 3.63) is 23.8 Å². The van der Waals surface area contributed by atoms with Gasteiger partial charge in [0.15, 0.2) is 17.6 Å². The van der Waals surface area contributed by atoms with E-state index in [1.54, 1.807) is 19.9 Å². The molecule has 0 aliphatic heterocycles. The minimum atomic E-state index is -2.01. The third kappa shape index (κ3) is 2.72. The van der Waals surface area contributed by atoms with Gasteiger partial charge in [0.25, 0.3) is 0 Å². The fourth-order valence-corrected chi connectivity index (χ4v) is 7.26. The maximum atomic E-state index is 17.0. The molecule has 0 aromatic rings. The van der Waals surface area contributed by atoms with Gasteiger partial charge in [-0.1, -0.05) is 18.6 Å². The Hall–Kier alpha value is -1.86. The van der Waals surface area contributed by atoms with E-state index in [1.165, 1.54) is 26.0 Å². The predicted molar refractivity (Wildman–Crippen MR) is 110 cm³/mol. The SMILES string of the molecule is CC(=O)O[C@@H](C)C(=O)[C@]1(O)CC[C@@H]2[C@H]3CCC4=CC(=O)C=C[C@]4(C)[C@]3(F)[C@H](O)C[C@@]21C. The molecule has 6 nitrogen and oxygen atoms in total. The van der Waals surface area contributed by atoms with Crippen LogP contribution in [-0.4, -0.2) is 51.2 Å². The number of esters is 1. The highest BCUT2D eigenvalue weighted by Crippen LogP contribution is 2.69. The van der Waals surface area contributed by atoms with Crippen LogP contribution in [0.1, 0.15) is 59.8 Å². The van der Waals surface area contributed by atoms with E-state index in [4.69, 9.17) is 4.74 Å². The van der Waals surface area contributed by atoms with Crippen molar-refractivity contribution in [1.82, 2.24) is 0 Å². The molecule has 4 rings (SSSR count). The number of hydrogen-bond donors (Lipinski definition) is 2. The molecular formula is C24H31FO6. The van der Waals surface area contributed by atoms with Crippen molar-refractivity contribution in [3.63, 3.8) is 0 Å². The number of aliphatic hydroxyl groups excluding tert-OH is 1. The molecule has 0 amide bonds. The highest BCUT2D eigenvalue weighted by Gasteiger charge is 2.74. The Labute approximate surface area is 181 Å². The normalized spacial score (nSPS) is 47.0. The van der Waals surface area contributed by atoms with E-state index in [0.717, 1.165) is 0 Å². The lowest BCUT2D eigenvalue weighted by Gasteiger charge is -2.62. The van der Waals surface area contributed by atoms with Crippen LogP contribution in [0.15, 0.2) is 23.8 Å². The van der Waals surface area contributed by atoms with Crippen LogP contribution >= 0.6 is 0 Å². The number of carbonyl (C=O) groups excluding carboxylic acids is 3. The van der Waals surface area contributed by atoms with Crippen LogP contribution in [0.3, 0.4) is 0 Å². The molecule has 31 heavy (non-hydrogen) atoms. The first-order chi connectivity index (χ1) is 14.3. The molecule has 0 aromatic heterocycles. The molecular weight excluding hydrogens is 403 g/mol. The summed E-state index contributed by atoms with van der Waals surface area (Å²) in [6.45, 7) is 6.11. The number of ketones is 2. The number of carbonyl (C=O) groups is 3. The molecule has 7 heteroatoms. The Morgan fingerprint density at radius 1 is 1.26 bits per heavy atom. The molecule has 0 heterocycles. The zero-order chi connectivity index (χ0) is 23.0. The summed E-state index contributed by atoms with van der Waals surface area (Å²) >= 11 is 0. The van der Waals surface area contributed by atoms with E-state index < -0.39 is 52.0 Å². The molecule has 2 N–H and O–H groups in total. The molecule has 0 aromatic carbocycles. The van der Waals surface area contributed by atoms with Crippen LogP contribution in [-0.2, 0) is 19.1 Å². The molecule has 3 fully saturated rings. The molecule has 0 spiro atoms. The van der Waals surface area contributed by atoms with Gasteiger partial charge < -0.3 is 14.9 Å². The largest absolute Gasteiger partial charge is 0.455 e. The van der Waals surface area contributed by atoms with E-state index in [9.17, 15) is 24.6 Å². The molecule has 4 aliphatic carbocycles. The summed E-state index contributed by atoms with van der Waals surface area (Å²) in [5.41, 5.74) is -5.29. The van der Waals surface area contributed by atoms with Gasteiger partial charge in [-0.05, 0) is 64.0 Å². The lowest BCUT2D eigenvalue weighted by Crippen LogP contribution is -2.69. The Kier molecular flexibility index (Phi) is 4.91. The summed E-state index contributed by atoms with van der Waals surface area (Å²) in [5, 5.41) is 22.8. The number of alkyl halides is 1. The van der Waals surface area contributed by atoms with Crippen molar-refractivity contribution < 1.29 is 33.7 Å². The molecule has 0 radical (unpaired) electrons. The van der Waals surface area contributed by atoms with Crippen molar-refractivity contribution in [2.75, 3.05) is 0 Å². The van der Waals surface area contributed by atoms with Gasteiger partial charge in [0.1, 0.15) is 5.60 Å². The highest BCUT2D eigenvalue weighted by molar-refractivity contribution is 6.01. The number of fused-ring (bicyclic) bond motifs is 5. The summed E-state index contributed by atoms with van der Waals surface area (Å²) in [5.74, 6) is -2.30. The third-order valence-corrected chi connectivity index (χ3v) is 8.91. The van der Waals surface area contributed by atoms with Gasteiger partial charge in [-0.15, -0.1) is 0 Å². The summed E-state index contributed by atoms with van der Waals surface area (Å²) in [6, 6.07) is 0. The van der Waals surface area contributed by atoms with Gasteiger partial charge in [0.05, 0.1) is 6.10 Å². The second kappa shape index (κ2) is 6.82. The average molecular weight is 435 g/mol. The Morgan fingerprint density at radius 3 is 2.58 bits per heavy atom. The molecule has 0 saturated heterocycles. The van der Waals surface area contributed by atoms with Crippen molar-refractivity contribution in [1.29, 1.82) is 0 Å². The van der Waals surface area contributed by atoms with Crippen LogP contribution in [0.4, 0.5) is 4.39 Å². The highest BCUT2D eigenvalue weighted by atomic mass is 19.1. The first-order valence-electron chi connectivity index (χ1n) is 11.1. The first-order valence-corrected chi connectivity index (χ1v) is 11.1. The fraction of sp³-hybridized carbons (Fsp3) is 0.708. The van der Waals surface area contributed by atoms with Gasteiger partial charge >= 0.3 is 5.97 Å². The van der Waals surface area contributed by atoms with Crippen molar-refractivity contribution >= 4 is 17.5 Å². The fourth-order valence-electron chi connectivity index (χ4n) is 7.26. The number of halogens is 1. The van der Waals surface area contributed by atoms with Gasteiger partial charge in [0.2, 0.25) is 5.78 Å². The van der Waals surface area contributed by atoms with Crippen LogP contribution in [0.25, 0.3) is 0 Å². The van der Waals surface area contributed by atoms with Gasteiger partial charge in [0, 0.05) is 23.7 Å². The zero-order valence-electron chi connectivity index (χ0n) is 18.5. The summed E-state index contributed by atoms with van der Waals surface area (Å²) in [4.78, 5) is 36.4. The first kappa shape index (κ1) is 22.3. The van der Waals surface area contributed by atoms with Crippen molar-refractivity contribution in [2.45, 2.75) is 83.3 Å². The molecule has 3 saturated carbocycles. The number of hydrogen-bond acceptors (Lipinski definition) is 6. The Morgan fingerprint density at radius 2 is 1.94 bits per heavy atom.